The lowest BCUT2D eigenvalue weighted by Crippen LogP contribution is -1.96. The number of allylic oxidation sites excluding steroid dienone is 1. The molecule has 0 saturated carbocycles. The maximum atomic E-state index is 9.65. The second-order valence-electron chi connectivity index (χ2n) is 3.03. The lowest BCUT2D eigenvalue weighted by molar-refractivity contribution is 0.280. The normalized spacial score (nSPS) is 10.1. The first-order valence-corrected chi connectivity index (χ1v) is 4.02. The Hall–Kier alpha value is -1.35. The van der Waals surface area contributed by atoms with Crippen molar-refractivity contribution in [3.05, 3.63) is 29.6 Å². The fraction of sp³-hybridized carbons (Fsp3) is 0.300. The van der Waals surface area contributed by atoms with E-state index in [1.54, 1.807) is 20.0 Å². The molecule has 0 saturated heterocycles. The van der Waals surface area contributed by atoms with Gasteiger partial charge in [0.15, 0.2) is 0 Å². The van der Waals surface area contributed by atoms with Gasteiger partial charge in [-0.15, -0.1) is 0 Å². The summed E-state index contributed by atoms with van der Waals surface area (Å²) >= 11 is 0. The molecule has 0 radical (unpaired) electrons. The van der Waals surface area contributed by atoms with E-state index >= 15 is 0 Å². The van der Waals surface area contributed by atoms with Crippen molar-refractivity contribution in [2.75, 3.05) is 0 Å². The molecule has 1 aromatic heterocycles. The largest absolute Gasteiger partial charge is 0.505 e. The summed E-state index contributed by atoms with van der Waals surface area (Å²) in [6, 6.07) is 0. The highest BCUT2D eigenvalue weighted by atomic mass is 16.3. The molecule has 2 N–H and O–H groups in total. The summed E-state index contributed by atoms with van der Waals surface area (Å²) in [7, 11) is 0. The second-order valence-corrected chi connectivity index (χ2v) is 3.03. The van der Waals surface area contributed by atoms with Crippen LogP contribution in [-0.2, 0) is 6.61 Å². The monoisotopic (exact) mass is 179 g/mol. The number of hydrogen-bond acceptors (Lipinski definition) is 3. The molecule has 0 aliphatic rings. The molecule has 1 heterocycles. The Morgan fingerprint density at radius 2 is 2.23 bits per heavy atom. The van der Waals surface area contributed by atoms with E-state index in [-0.39, 0.29) is 12.4 Å². The molecule has 0 fully saturated rings. The van der Waals surface area contributed by atoms with Gasteiger partial charge in [0, 0.05) is 17.3 Å². The van der Waals surface area contributed by atoms with Gasteiger partial charge in [-0.2, -0.15) is 0 Å². The number of nitrogens with zero attached hydrogens (tertiary/aromatic N) is 1. The SMILES string of the molecule is C=C(C)c1c(CO)cnc(C)c1O. The minimum absolute atomic E-state index is 0.110. The first kappa shape index (κ1) is 9.74. The topological polar surface area (TPSA) is 53.4 Å². The Labute approximate surface area is 77.4 Å². The van der Waals surface area contributed by atoms with Crippen LogP contribution in [0.25, 0.3) is 5.57 Å². The van der Waals surface area contributed by atoms with Crippen molar-refractivity contribution < 1.29 is 10.2 Å². The number of aromatic hydroxyl groups is 1. The van der Waals surface area contributed by atoms with Gasteiger partial charge in [-0.1, -0.05) is 6.58 Å². The number of aliphatic hydroxyl groups is 1. The Morgan fingerprint density at radius 3 is 2.69 bits per heavy atom. The predicted molar refractivity (Wildman–Crippen MR) is 51.3 cm³/mol. The van der Waals surface area contributed by atoms with Crippen molar-refractivity contribution in [2.24, 2.45) is 0 Å². The van der Waals surface area contributed by atoms with Crippen molar-refractivity contribution in [3.8, 4) is 5.75 Å². The average Bonchev–Trinajstić information content (AvgIpc) is 2.08. The molecular formula is C10H13NO2. The standard InChI is InChI=1S/C10H13NO2/c1-6(2)9-8(5-12)4-11-7(3)10(9)13/h4,12-13H,1,5H2,2-3H3. The highest BCUT2D eigenvalue weighted by Crippen LogP contribution is 2.29. The zero-order chi connectivity index (χ0) is 10.0. The molecule has 0 amide bonds. The highest BCUT2D eigenvalue weighted by molar-refractivity contribution is 5.70. The van der Waals surface area contributed by atoms with Gasteiger partial charge in [-0.05, 0) is 19.4 Å². The number of hydrogen-bond donors (Lipinski definition) is 2. The number of aromatic nitrogens is 1. The van der Waals surface area contributed by atoms with Crippen LogP contribution < -0.4 is 0 Å². The smallest absolute Gasteiger partial charge is 0.144 e. The molecule has 13 heavy (non-hydrogen) atoms. The molecule has 0 unspecified atom stereocenters. The molecule has 0 bridgehead atoms. The van der Waals surface area contributed by atoms with Gasteiger partial charge in [-0.25, -0.2) is 0 Å². The average molecular weight is 179 g/mol. The maximum absolute atomic E-state index is 9.65. The Kier molecular flexibility index (Phi) is 2.68. The van der Waals surface area contributed by atoms with Crippen LogP contribution in [0.4, 0.5) is 0 Å². The summed E-state index contributed by atoms with van der Waals surface area (Å²) in [5.74, 6) is 0.110. The minimum atomic E-state index is -0.136. The van der Waals surface area contributed by atoms with Gasteiger partial charge in [-0.3, -0.25) is 4.98 Å². The second kappa shape index (κ2) is 3.58. The van der Waals surface area contributed by atoms with E-state index in [0.717, 1.165) is 5.57 Å². The van der Waals surface area contributed by atoms with Crippen molar-refractivity contribution in [2.45, 2.75) is 20.5 Å². The van der Waals surface area contributed by atoms with Crippen LogP contribution in [0, 0.1) is 6.92 Å². The Balaban J connectivity index is 3.41. The first-order valence-electron chi connectivity index (χ1n) is 4.02. The summed E-state index contributed by atoms with van der Waals surface area (Å²) in [6.45, 7) is 7.10. The fourth-order valence-electron chi connectivity index (χ4n) is 1.23. The molecule has 1 rings (SSSR count). The lowest BCUT2D eigenvalue weighted by atomic mass is 10.0. The van der Waals surface area contributed by atoms with E-state index in [9.17, 15) is 5.11 Å². The minimum Gasteiger partial charge on any atom is -0.505 e. The van der Waals surface area contributed by atoms with Gasteiger partial charge < -0.3 is 10.2 Å². The van der Waals surface area contributed by atoms with Crippen molar-refractivity contribution >= 4 is 5.57 Å². The quantitative estimate of drug-likeness (QED) is 0.725. The molecule has 70 valence electrons. The molecule has 0 aromatic carbocycles. The van der Waals surface area contributed by atoms with Gasteiger partial charge in [0.2, 0.25) is 0 Å². The first-order chi connectivity index (χ1) is 6.07. The molecule has 0 spiro atoms. The van der Waals surface area contributed by atoms with Crippen LogP contribution in [0.1, 0.15) is 23.7 Å². The highest BCUT2D eigenvalue weighted by Gasteiger charge is 2.10. The van der Waals surface area contributed by atoms with Crippen molar-refractivity contribution in [1.29, 1.82) is 0 Å². The van der Waals surface area contributed by atoms with Gasteiger partial charge >= 0.3 is 0 Å². The zero-order valence-electron chi connectivity index (χ0n) is 7.83. The van der Waals surface area contributed by atoms with Crippen LogP contribution in [-0.4, -0.2) is 15.2 Å². The summed E-state index contributed by atoms with van der Waals surface area (Å²) in [4.78, 5) is 3.94. The van der Waals surface area contributed by atoms with Crippen LogP contribution in [0.15, 0.2) is 12.8 Å². The maximum Gasteiger partial charge on any atom is 0.144 e. The predicted octanol–water partition coefficient (Wildman–Crippen LogP) is 1.62. The van der Waals surface area contributed by atoms with E-state index in [0.29, 0.717) is 16.8 Å². The van der Waals surface area contributed by atoms with Gasteiger partial charge in [0.05, 0.1) is 12.3 Å². The third-order valence-corrected chi connectivity index (χ3v) is 1.91. The van der Waals surface area contributed by atoms with Crippen molar-refractivity contribution in [1.82, 2.24) is 4.98 Å². The fourth-order valence-corrected chi connectivity index (χ4v) is 1.23. The summed E-state index contributed by atoms with van der Waals surface area (Å²) in [5.41, 5.74) is 2.49. The van der Waals surface area contributed by atoms with E-state index < -0.39 is 0 Å². The number of rotatable bonds is 2. The molecule has 3 nitrogen and oxygen atoms in total. The Morgan fingerprint density at radius 1 is 1.62 bits per heavy atom. The number of pyridine rings is 1. The van der Waals surface area contributed by atoms with Crippen LogP contribution in [0.5, 0.6) is 5.75 Å². The molecule has 0 aliphatic carbocycles. The van der Waals surface area contributed by atoms with Crippen LogP contribution >= 0.6 is 0 Å². The summed E-state index contributed by atoms with van der Waals surface area (Å²) in [5, 5.41) is 18.6. The molecule has 1 aromatic rings. The Bertz CT molecular complexity index is 345. The molecule has 3 heteroatoms. The van der Waals surface area contributed by atoms with Crippen molar-refractivity contribution in [3.63, 3.8) is 0 Å². The number of aryl methyl sites for hydroxylation is 1. The third kappa shape index (κ3) is 1.70. The van der Waals surface area contributed by atoms with Gasteiger partial charge in [0.1, 0.15) is 5.75 Å². The third-order valence-electron chi connectivity index (χ3n) is 1.91. The number of aliphatic hydroxyl groups excluding tert-OH is 1. The lowest BCUT2D eigenvalue weighted by Gasteiger charge is -2.10. The molecule has 0 atom stereocenters. The van der Waals surface area contributed by atoms with E-state index in [1.165, 1.54) is 0 Å². The zero-order valence-corrected chi connectivity index (χ0v) is 7.83. The van der Waals surface area contributed by atoms with E-state index in [1.807, 2.05) is 0 Å². The molecule has 0 aliphatic heterocycles. The van der Waals surface area contributed by atoms with E-state index in [2.05, 4.69) is 11.6 Å². The summed E-state index contributed by atoms with van der Waals surface area (Å²) < 4.78 is 0. The van der Waals surface area contributed by atoms with Gasteiger partial charge in [0.25, 0.3) is 0 Å². The van der Waals surface area contributed by atoms with Crippen LogP contribution in [0.2, 0.25) is 0 Å². The summed E-state index contributed by atoms with van der Waals surface area (Å²) in [6.07, 6.45) is 1.55. The molecular weight excluding hydrogens is 166 g/mol. The van der Waals surface area contributed by atoms with Crippen LogP contribution in [0.3, 0.4) is 0 Å². The van der Waals surface area contributed by atoms with E-state index in [4.69, 9.17) is 5.11 Å².